The van der Waals surface area contributed by atoms with Gasteiger partial charge in [-0.2, -0.15) is 0 Å². The smallest absolute Gasteiger partial charge is 0.291 e. The summed E-state index contributed by atoms with van der Waals surface area (Å²) in [6.07, 6.45) is 6.78. The van der Waals surface area contributed by atoms with Crippen molar-refractivity contribution >= 4 is 11.8 Å². The molecule has 10 nitrogen and oxygen atoms in total. The van der Waals surface area contributed by atoms with Gasteiger partial charge in [0.1, 0.15) is 11.3 Å². The summed E-state index contributed by atoms with van der Waals surface area (Å²) < 4.78 is 8.12. The second-order valence-electron chi connectivity index (χ2n) is 8.01. The first kappa shape index (κ1) is 18.2. The minimum Gasteiger partial charge on any atom is -0.365 e. The molecule has 2 aromatic rings. The Morgan fingerprint density at radius 1 is 1.24 bits per heavy atom. The van der Waals surface area contributed by atoms with E-state index in [1.807, 2.05) is 4.68 Å². The second-order valence-corrected chi connectivity index (χ2v) is 8.01. The minimum atomic E-state index is -0.488. The molecule has 2 amide bonds. The zero-order valence-electron chi connectivity index (χ0n) is 16.1. The van der Waals surface area contributed by atoms with Crippen molar-refractivity contribution in [1.29, 1.82) is 0 Å². The maximum atomic E-state index is 12.8. The predicted octanol–water partition coefficient (Wildman–Crippen LogP) is 0.299. The Labute approximate surface area is 167 Å². The van der Waals surface area contributed by atoms with Crippen LogP contribution in [0.3, 0.4) is 0 Å². The number of piperidine rings is 1. The fraction of sp³-hybridized carbons (Fsp3) is 0.579. The fourth-order valence-electron chi connectivity index (χ4n) is 4.06. The first-order chi connectivity index (χ1) is 14.1. The summed E-state index contributed by atoms with van der Waals surface area (Å²) in [5, 5.41) is 11.5. The zero-order chi connectivity index (χ0) is 19.8. The molecule has 1 unspecified atom stereocenters. The van der Waals surface area contributed by atoms with Gasteiger partial charge in [-0.05, 0) is 31.7 Å². The van der Waals surface area contributed by atoms with Gasteiger partial charge >= 0.3 is 0 Å². The molecule has 1 N–H and O–H groups in total. The molecular formula is C19H23N7O3. The van der Waals surface area contributed by atoms with Crippen LogP contribution in [0, 0.1) is 5.92 Å². The molecule has 2 aromatic heterocycles. The second kappa shape index (κ2) is 7.18. The SMILES string of the molecule is O=C(NCc1nnn2c1COC1(CCCN(C(=O)c3ncccn3)C1)C2)C1CC1. The van der Waals surface area contributed by atoms with Gasteiger partial charge in [0.15, 0.2) is 0 Å². The van der Waals surface area contributed by atoms with Crippen molar-refractivity contribution in [3.05, 3.63) is 35.7 Å². The first-order valence-electron chi connectivity index (χ1n) is 10.0. The number of fused-ring (bicyclic) bond motifs is 1. The first-order valence-corrected chi connectivity index (χ1v) is 10.0. The van der Waals surface area contributed by atoms with E-state index in [1.165, 1.54) is 0 Å². The Hall–Kier alpha value is -2.88. The summed E-state index contributed by atoms with van der Waals surface area (Å²) >= 11 is 0. The maximum Gasteiger partial charge on any atom is 0.291 e. The van der Waals surface area contributed by atoms with Gasteiger partial charge in [-0.1, -0.05) is 5.21 Å². The number of likely N-dealkylation sites (tertiary alicyclic amines) is 1. The van der Waals surface area contributed by atoms with Crippen LogP contribution in [0.1, 0.15) is 47.7 Å². The van der Waals surface area contributed by atoms with Crippen LogP contribution in [0.15, 0.2) is 18.5 Å². The molecule has 1 saturated carbocycles. The lowest BCUT2D eigenvalue weighted by Gasteiger charge is -2.44. The van der Waals surface area contributed by atoms with Crippen LogP contribution in [0.5, 0.6) is 0 Å². The van der Waals surface area contributed by atoms with Crippen LogP contribution in [0.2, 0.25) is 0 Å². The number of carbonyl (C=O) groups excluding carboxylic acids is 2. The maximum absolute atomic E-state index is 12.8. The predicted molar refractivity (Wildman–Crippen MR) is 99.3 cm³/mol. The molecule has 0 radical (unpaired) electrons. The summed E-state index contributed by atoms with van der Waals surface area (Å²) in [7, 11) is 0. The molecule has 5 rings (SSSR count). The molecule has 10 heteroatoms. The highest BCUT2D eigenvalue weighted by molar-refractivity contribution is 5.90. The zero-order valence-corrected chi connectivity index (χ0v) is 16.1. The molecule has 2 aliphatic heterocycles. The average Bonchev–Trinajstić information content (AvgIpc) is 3.53. The van der Waals surface area contributed by atoms with Gasteiger partial charge in [-0.15, -0.1) is 5.10 Å². The van der Waals surface area contributed by atoms with E-state index in [1.54, 1.807) is 23.4 Å². The van der Waals surface area contributed by atoms with E-state index in [0.29, 0.717) is 32.8 Å². The van der Waals surface area contributed by atoms with Crippen molar-refractivity contribution in [2.45, 2.75) is 51.0 Å². The molecule has 3 aliphatic rings. The number of nitrogens with one attached hydrogen (secondary N) is 1. The Morgan fingerprint density at radius 2 is 2.07 bits per heavy atom. The molecule has 1 atom stereocenters. The number of carbonyl (C=O) groups is 2. The summed E-state index contributed by atoms with van der Waals surface area (Å²) in [4.78, 5) is 34.5. The number of nitrogens with zero attached hydrogens (tertiary/aromatic N) is 6. The number of hydrogen-bond acceptors (Lipinski definition) is 7. The Bertz CT molecular complexity index is 927. The topological polar surface area (TPSA) is 115 Å². The highest BCUT2D eigenvalue weighted by Gasteiger charge is 2.43. The molecular weight excluding hydrogens is 374 g/mol. The van der Waals surface area contributed by atoms with Gasteiger partial charge in [0, 0.05) is 24.9 Å². The Morgan fingerprint density at radius 3 is 2.86 bits per heavy atom. The van der Waals surface area contributed by atoms with Crippen molar-refractivity contribution in [1.82, 2.24) is 35.2 Å². The number of aromatic nitrogens is 5. The van der Waals surface area contributed by atoms with Gasteiger partial charge in [0.25, 0.3) is 5.91 Å². The molecule has 0 aromatic carbocycles. The van der Waals surface area contributed by atoms with Crippen molar-refractivity contribution in [2.24, 2.45) is 5.92 Å². The quantitative estimate of drug-likeness (QED) is 0.789. The molecule has 4 heterocycles. The standard InChI is InChI=1S/C19H23N7O3/c27-17(13-3-4-13)22-9-14-15-10-29-19(12-26(15)24-23-14)5-1-8-25(11-19)18(28)16-20-6-2-7-21-16/h2,6-7,13H,1,3-5,8-12H2,(H,22,27). The lowest BCUT2D eigenvalue weighted by Crippen LogP contribution is -2.55. The largest absolute Gasteiger partial charge is 0.365 e. The van der Waals surface area contributed by atoms with Crippen LogP contribution in [-0.2, 0) is 29.2 Å². The van der Waals surface area contributed by atoms with Crippen LogP contribution in [0.25, 0.3) is 0 Å². The van der Waals surface area contributed by atoms with Crippen molar-refractivity contribution in [3.8, 4) is 0 Å². The van der Waals surface area contributed by atoms with Gasteiger partial charge < -0.3 is 15.0 Å². The summed E-state index contributed by atoms with van der Waals surface area (Å²) in [6, 6.07) is 1.69. The third-order valence-electron chi connectivity index (χ3n) is 5.83. The van der Waals surface area contributed by atoms with Gasteiger partial charge in [-0.3, -0.25) is 9.59 Å². The van der Waals surface area contributed by atoms with Gasteiger partial charge in [0.2, 0.25) is 11.7 Å². The highest BCUT2D eigenvalue weighted by Crippen LogP contribution is 2.33. The number of rotatable bonds is 4. The molecule has 152 valence electrons. The van der Waals surface area contributed by atoms with E-state index in [9.17, 15) is 9.59 Å². The molecule has 1 aliphatic carbocycles. The van der Waals surface area contributed by atoms with E-state index in [4.69, 9.17) is 4.74 Å². The van der Waals surface area contributed by atoms with E-state index >= 15 is 0 Å². The van der Waals surface area contributed by atoms with E-state index in [-0.39, 0.29) is 23.6 Å². The van der Waals surface area contributed by atoms with Gasteiger partial charge in [0.05, 0.1) is 31.9 Å². The van der Waals surface area contributed by atoms with Crippen molar-refractivity contribution in [3.63, 3.8) is 0 Å². The lowest BCUT2D eigenvalue weighted by molar-refractivity contribution is -0.123. The number of ether oxygens (including phenoxy) is 1. The summed E-state index contributed by atoms with van der Waals surface area (Å²) in [5.41, 5.74) is 1.15. The van der Waals surface area contributed by atoms with E-state index in [0.717, 1.165) is 37.1 Å². The average molecular weight is 397 g/mol. The van der Waals surface area contributed by atoms with Crippen LogP contribution >= 0.6 is 0 Å². The van der Waals surface area contributed by atoms with Crippen molar-refractivity contribution in [2.75, 3.05) is 13.1 Å². The fourth-order valence-corrected chi connectivity index (χ4v) is 4.06. The van der Waals surface area contributed by atoms with Crippen LogP contribution < -0.4 is 5.32 Å². The van der Waals surface area contributed by atoms with E-state index in [2.05, 4.69) is 25.6 Å². The van der Waals surface area contributed by atoms with E-state index < -0.39 is 5.60 Å². The molecule has 29 heavy (non-hydrogen) atoms. The normalized spacial score (nSPS) is 23.7. The van der Waals surface area contributed by atoms with Gasteiger partial charge in [-0.25, -0.2) is 14.6 Å². The highest BCUT2D eigenvalue weighted by atomic mass is 16.5. The Kier molecular flexibility index (Phi) is 4.50. The Balaban J connectivity index is 1.27. The molecule has 1 saturated heterocycles. The summed E-state index contributed by atoms with van der Waals surface area (Å²) in [6.45, 7) is 2.40. The van der Waals surface area contributed by atoms with Crippen LogP contribution in [-0.4, -0.2) is 60.4 Å². The third-order valence-corrected chi connectivity index (χ3v) is 5.83. The number of hydrogen-bond donors (Lipinski definition) is 1. The third kappa shape index (κ3) is 3.59. The molecule has 2 fully saturated rings. The van der Waals surface area contributed by atoms with Crippen molar-refractivity contribution < 1.29 is 14.3 Å². The number of amides is 2. The lowest BCUT2D eigenvalue weighted by atomic mass is 9.91. The minimum absolute atomic E-state index is 0.0875. The van der Waals surface area contributed by atoms with Crippen LogP contribution in [0.4, 0.5) is 0 Å². The molecule has 0 bridgehead atoms. The molecule has 1 spiro atoms. The monoisotopic (exact) mass is 397 g/mol. The summed E-state index contributed by atoms with van der Waals surface area (Å²) in [5.74, 6) is 0.279.